The predicted octanol–water partition coefficient (Wildman–Crippen LogP) is 2.44. The summed E-state index contributed by atoms with van der Waals surface area (Å²) >= 11 is 0. The zero-order valence-corrected chi connectivity index (χ0v) is 9.62. The highest BCUT2D eigenvalue weighted by molar-refractivity contribution is 5.14. The van der Waals surface area contributed by atoms with Crippen LogP contribution in [-0.4, -0.2) is 9.78 Å². The molecule has 0 aliphatic rings. The molecule has 0 fully saturated rings. The zero-order chi connectivity index (χ0) is 10.7. The molecular formula is C11H21N3. The van der Waals surface area contributed by atoms with E-state index in [-0.39, 0.29) is 6.04 Å². The van der Waals surface area contributed by atoms with Gasteiger partial charge in [-0.15, -0.1) is 0 Å². The van der Waals surface area contributed by atoms with Crippen molar-refractivity contribution in [2.45, 2.75) is 52.6 Å². The molecule has 2 unspecified atom stereocenters. The van der Waals surface area contributed by atoms with E-state index in [4.69, 9.17) is 5.73 Å². The average molecular weight is 195 g/mol. The van der Waals surface area contributed by atoms with Gasteiger partial charge in [-0.05, 0) is 32.8 Å². The smallest absolute Gasteiger partial charge is 0.0625 e. The van der Waals surface area contributed by atoms with E-state index in [2.05, 4.69) is 36.6 Å². The Balaban J connectivity index is 3.05. The molecule has 0 aliphatic carbocycles. The lowest BCUT2D eigenvalue weighted by atomic mass is 10.2. The van der Waals surface area contributed by atoms with Gasteiger partial charge in [0.15, 0.2) is 0 Å². The molecule has 0 spiro atoms. The first-order valence-electron chi connectivity index (χ1n) is 5.44. The van der Waals surface area contributed by atoms with Crippen molar-refractivity contribution in [3.05, 3.63) is 17.5 Å². The van der Waals surface area contributed by atoms with Gasteiger partial charge in [-0.3, -0.25) is 4.68 Å². The fourth-order valence-electron chi connectivity index (χ4n) is 1.50. The average Bonchev–Trinajstić information content (AvgIpc) is 2.60. The molecule has 3 nitrogen and oxygen atoms in total. The van der Waals surface area contributed by atoms with Gasteiger partial charge in [-0.25, -0.2) is 0 Å². The minimum atomic E-state index is 0.0665. The van der Waals surface area contributed by atoms with Crippen LogP contribution in [0.15, 0.2) is 6.07 Å². The molecule has 0 aromatic carbocycles. The van der Waals surface area contributed by atoms with Gasteiger partial charge in [0, 0.05) is 12.1 Å². The maximum absolute atomic E-state index is 5.91. The zero-order valence-electron chi connectivity index (χ0n) is 9.62. The SMILES string of the molecule is CCc1cc(C(C)N)n(C(C)CC)n1. The number of hydrogen-bond acceptors (Lipinski definition) is 2. The molecule has 0 saturated carbocycles. The third-order valence-electron chi connectivity index (χ3n) is 2.65. The third-order valence-corrected chi connectivity index (χ3v) is 2.65. The van der Waals surface area contributed by atoms with E-state index in [1.54, 1.807) is 0 Å². The fraction of sp³-hybridized carbons (Fsp3) is 0.727. The van der Waals surface area contributed by atoms with Crippen molar-refractivity contribution in [1.82, 2.24) is 9.78 Å². The lowest BCUT2D eigenvalue weighted by molar-refractivity contribution is 0.447. The van der Waals surface area contributed by atoms with Crippen molar-refractivity contribution in [2.75, 3.05) is 0 Å². The lowest BCUT2D eigenvalue weighted by Gasteiger charge is -2.15. The Morgan fingerprint density at radius 2 is 2.07 bits per heavy atom. The highest BCUT2D eigenvalue weighted by Crippen LogP contribution is 2.19. The highest BCUT2D eigenvalue weighted by Gasteiger charge is 2.13. The van der Waals surface area contributed by atoms with Crippen molar-refractivity contribution in [1.29, 1.82) is 0 Å². The first-order valence-corrected chi connectivity index (χ1v) is 5.44. The second kappa shape index (κ2) is 4.60. The van der Waals surface area contributed by atoms with Crippen LogP contribution in [0.1, 0.15) is 57.6 Å². The van der Waals surface area contributed by atoms with E-state index < -0.39 is 0 Å². The Morgan fingerprint density at radius 1 is 1.43 bits per heavy atom. The van der Waals surface area contributed by atoms with Gasteiger partial charge in [-0.1, -0.05) is 13.8 Å². The highest BCUT2D eigenvalue weighted by atomic mass is 15.3. The van der Waals surface area contributed by atoms with Gasteiger partial charge in [0.2, 0.25) is 0 Å². The molecule has 80 valence electrons. The normalized spacial score (nSPS) is 15.5. The summed E-state index contributed by atoms with van der Waals surface area (Å²) in [5.74, 6) is 0. The molecule has 3 heteroatoms. The van der Waals surface area contributed by atoms with Gasteiger partial charge < -0.3 is 5.73 Å². The maximum Gasteiger partial charge on any atom is 0.0625 e. The number of hydrogen-bond donors (Lipinski definition) is 1. The van der Waals surface area contributed by atoms with Crippen LogP contribution >= 0.6 is 0 Å². The molecule has 1 aromatic heterocycles. The monoisotopic (exact) mass is 195 g/mol. The van der Waals surface area contributed by atoms with Crippen LogP contribution < -0.4 is 5.73 Å². The quantitative estimate of drug-likeness (QED) is 0.802. The Kier molecular flexibility index (Phi) is 3.69. The second-order valence-corrected chi connectivity index (χ2v) is 3.90. The summed E-state index contributed by atoms with van der Waals surface area (Å²) in [6, 6.07) is 2.63. The molecule has 2 N–H and O–H groups in total. The molecule has 0 saturated heterocycles. The first-order chi connectivity index (χ1) is 6.60. The summed E-state index contributed by atoms with van der Waals surface area (Å²) in [5.41, 5.74) is 8.20. The van der Waals surface area contributed by atoms with Crippen molar-refractivity contribution >= 4 is 0 Å². The van der Waals surface area contributed by atoms with E-state index in [9.17, 15) is 0 Å². The number of nitrogens with two attached hydrogens (primary N) is 1. The van der Waals surface area contributed by atoms with Gasteiger partial charge >= 0.3 is 0 Å². The Hall–Kier alpha value is -0.830. The summed E-state index contributed by atoms with van der Waals surface area (Å²) in [5, 5.41) is 4.56. The van der Waals surface area contributed by atoms with Crippen LogP contribution in [-0.2, 0) is 6.42 Å². The Morgan fingerprint density at radius 3 is 2.50 bits per heavy atom. The molecule has 1 aromatic rings. The molecule has 14 heavy (non-hydrogen) atoms. The van der Waals surface area contributed by atoms with Crippen LogP contribution in [0.25, 0.3) is 0 Å². The van der Waals surface area contributed by atoms with E-state index in [1.165, 1.54) is 0 Å². The molecule has 2 atom stereocenters. The first kappa shape index (κ1) is 11.2. The number of rotatable bonds is 4. The minimum absolute atomic E-state index is 0.0665. The van der Waals surface area contributed by atoms with E-state index >= 15 is 0 Å². The van der Waals surface area contributed by atoms with Crippen LogP contribution in [0.5, 0.6) is 0 Å². The van der Waals surface area contributed by atoms with Crippen molar-refractivity contribution in [2.24, 2.45) is 5.73 Å². The molecule has 1 rings (SSSR count). The molecule has 0 bridgehead atoms. The molecule has 0 amide bonds. The summed E-state index contributed by atoms with van der Waals surface area (Å²) in [4.78, 5) is 0. The van der Waals surface area contributed by atoms with Crippen molar-refractivity contribution < 1.29 is 0 Å². The predicted molar refractivity (Wildman–Crippen MR) is 59.2 cm³/mol. The third kappa shape index (κ3) is 2.15. The minimum Gasteiger partial charge on any atom is -0.323 e. The summed E-state index contributed by atoms with van der Waals surface area (Å²) in [6.45, 7) is 8.48. The number of aryl methyl sites for hydroxylation is 1. The standard InChI is InChI=1S/C11H21N3/c1-5-8(3)14-11(9(4)12)7-10(6-2)13-14/h7-9H,5-6,12H2,1-4H3. The number of aromatic nitrogens is 2. The van der Waals surface area contributed by atoms with E-state index in [1.807, 2.05) is 6.92 Å². The van der Waals surface area contributed by atoms with E-state index in [0.29, 0.717) is 6.04 Å². The topological polar surface area (TPSA) is 43.8 Å². The van der Waals surface area contributed by atoms with Gasteiger partial charge in [-0.2, -0.15) is 5.10 Å². The Labute approximate surface area is 86.3 Å². The largest absolute Gasteiger partial charge is 0.323 e. The van der Waals surface area contributed by atoms with Crippen molar-refractivity contribution in [3.8, 4) is 0 Å². The van der Waals surface area contributed by atoms with E-state index in [0.717, 1.165) is 24.2 Å². The summed E-state index contributed by atoms with van der Waals surface area (Å²) in [6.07, 6.45) is 2.06. The van der Waals surface area contributed by atoms with Gasteiger partial charge in [0.1, 0.15) is 0 Å². The Bertz CT molecular complexity index is 289. The second-order valence-electron chi connectivity index (χ2n) is 3.90. The van der Waals surface area contributed by atoms with Gasteiger partial charge in [0.05, 0.1) is 11.4 Å². The molecule has 0 aliphatic heterocycles. The van der Waals surface area contributed by atoms with Crippen molar-refractivity contribution in [3.63, 3.8) is 0 Å². The van der Waals surface area contributed by atoms with Gasteiger partial charge in [0.25, 0.3) is 0 Å². The lowest BCUT2D eigenvalue weighted by Crippen LogP contribution is -2.16. The van der Waals surface area contributed by atoms with Crippen LogP contribution in [0.2, 0.25) is 0 Å². The molecular weight excluding hydrogens is 174 g/mol. The van der Waals surface area contributed by atoms with Crippen LogP contribution in [0, 0.1) is 0 Å². The molecule has 0 radical (unpaired) electrons. The fourth-order valence-corrected chi connectivity index (χ4v) is 1.50. The summed E-state index contributed by atoms with van der Waals surface area (Å²) in [7, 11) is 0. The van der Waals surface area contributed by atoms with Crippen LogP contribution in [0.4, 0.5) is 0 Å². The summed E-state index contributed by atoms with van der Waals surface area (Å²) < 4.78 is 2.07. The molecule has 1 heterocycles. The van der Waals surface area contributed by atoms with Crippen LogP contribution in [0.3, 0.4) is 0 Å². The number of nitrogens with zero attached hydrogens (tertiary/aromatic N) is 2. The maximum atomic E-state index is 5.91.